The predicted molar refractivity (Wildman–Crippen MR) is 47.0 cm³/mol. The van der Waals surface area contributed by atoms with Gasteiger partial charge in [-0.3, -0.25) is 0 Å². The summed E-state index contributed by atoms with van der Waals surface area (Å²) in [5.41, 5.74) is 1.93. The SMILES string of the molecule is Cc1cc(=S)[nH]cc1[C@H](C)O. The van der Waals surface area contributed by atoms with Crippen molar-refractivity contribution in [2.45, 2.75) is 20.0 Å². The summed E-state index contributed by atoms with van der Waals surface area (Å²) in [7, 11) is 0. The highest BCUT2D eigenvalue weighted by Gasteiger charge is 2.02. The van der Waals surface area contributed by atoms with Crippen molar-refractivity contribution in [1.82, 2.24) is 4.98 Å². The normalized spacial score (nSPS) is 13.0. The Morgan fingerprint density at radius 1 is 1.64 bits per heavy atom. The minimum Gasteiger partial charge on any atom is -0.389 e. The number of hydrogen-bond donors (Lipinski definition) is 2. The van der Waals surface area contributed by atoms with Crippen molar-refractivity contribution in [3.63, 3.8) is 0 Å². The fourth-order valence-corrected chi connectivity index (χ4v) is 1.27. The van der Waals surface area contributed by atoms with E-state index in [1.165, 1.54) is 0 Å². The molecular formula is C8H11NOS. The van der Waals surface area contributed by atoms with Crippen LogP contribution < -0.4 is 0 Å². The maximum atomic E-state index is 9.24. The van der Waals surface area contributed by atoms with Gasteiger partial charge >= 0.3 is 0 Å². The fraction of sp³-hybridized carbons (Fsp3) is 0.375. The largest absolute Gasteiger partial charge is 0.389 e. The molecule has 0 bridgehead atoms. The van der Waals surface area contributed by atoms with Crippen molar-refractivity contribution in [1.29, 1.82) is 0 Å². The number of nitrogens with one attached hydrogen (secondary N) is 1. The van der Waals surface area contributed by atoms with Crippen molar-refractivity contribution in [2.75, 3.05) is 0 Å². The highest BCUT2D eigenvalue weighted by atomic mass is 32.1. The van der Waals surface area contributed by atoms with E-state index < -0.39 is 6.10 Å². The highest BCUT2D eigenvalue weighted by molar-refractivity contribution is 7.71. The van der Waals surface area contributed by atoms with Gasteiger partial charge in [-0.25, -0.2) is 0 Å². The average molecular weight is 169 g/mol. The molecule has 2 nitrogen and oxygen atoms in total. The van der Waals surface area contributed by atoms with Gasteiger partial charge in [-0.05, 0) is 31.0 Å². The van der Waals surface area contributed by atoms with Gasteiger partial charge in [-0.2, -0.15) is 0 Å². The number of aromatic amines is 1. The molecule has 1 rings (SSSR count). The number of aryl methyl sites for hydroxylation is 1. The number of pyridine rings is 1. The molecule has 2 N–H and O–H groups in total. The second-order valence-corrected chi connectivity index (χ2v) is 3.05. The van der Waals surface area contributed by atoms with Crippen LogP contribution in [0.4, 0.5) is 0 Å². The van der Waals surface area contributed by atoms with E-state index in [9.17, 15) is 5.11 Å². The third-order valence-corrected chi connectivity index (χ3v) is 1.86. The molecule has 0 saturated heterocycles. The Morgan fingerprint density at radius 3 is 2.73 bits per heavy atom. The number of aromatic nitrogens is 1. The van der Waals surface area contributed by atoms with Crippen LogP contribution in [0.15, 0.2) is 12.3 Å². The zero-order valence-electron chi connectivity index (χ0n) is 6.59. The molecule has 0 aliphatic rings. The van der Waals surface area contributed by atoms with Gasteiger partial charge in [0.25, 0.3) is 0 Å². The summed E-state index contributed by atoms with van der Waals surface area (Å²) in [5.74, 6) is 0. The lowest BCUT2D eigenvalue weighted by Crippen LogP contribution is -1.95. The topological polar surface area (TPSA) is 36.0 Å². The fourth-order valence-electron chi connectivity index (χ4n) is 1.03. The Hall–Kier alpha value is -0.670. The molecule has 11 heavy (non-hydrogen) atoms. The van der Waals surface area contributed by atoms with E-state index in [0.29, 0.717) is 4.64 Å². The molecule has 1 aromatic heterocycles. The maximum absolute atomic E-state index is 9.24. The molecule has 1 atom stereocenters. The molecule has 0 aliphatic carbocycles. The van der Waals surface area contributed by atoms with Crippen LogP contribution in [0.1, 0.15) is 24.2 Å². The summed E-state index contributed by atoms with van der Waals surface area (Å²) < 4.78 is 0.701. The first-order valence-electron chi connectivity index (χ1n) is 3.48. The first-order chi connectivity index (χ1) is 5.11. The van der Waals surface area contributed by atoms with Crippen molar-refractivity contribution in [2.24, 2.45) is 0 Å². The third kappa shape index (κ3) is 1.88. The number of H-pyrrole nitrogens is 1. The van der Waals surface area contributed by atoms with Gasteiger partial charge in [0.2, 0.25) is 0 Å². The Bertz CT molecular complexity index is 303. The minimum atomic E-state index is -0.429. The lowest BCUT2D eigenvalue weighted by atomic mass is 10.1. The summed E-state index contributed by atoms with van der Waals surface area (Å²) in [4.78, 5) is 2.88. The molecule has 60 valence electrons. The number of aliphatic hydroxyl groups is 1. The molecule has 0 aliphatic heterocycles. The van der Waals surface area contributed by atoms with Gasteiger partial charge in [0, 0.05) is 6.20 Å². The van der Waals surface area contributed by atoms with Crippen LogP contribution in [0.25, 0.3) is 0 Å². The van der Waals surface area contributed by atoms with E-state index >= 15 is 0 Å². The number of hydrogen-bond acceptors (Lipinski definition) is 2. The molecule has 0 radical (unpaired) electrons. The summed E-state index contributed by atoms with van der Waals surface area (Å²) in [6.45, 7) is 3.67. The number of rotatable bonds is 1. The summed E-state index contributed by atoms with van der Waals surface area (Å²) in [5, 5.41) is 9.24. The van der Waals surface area contributed by atoms with E-state index in [-0.39, 0.29) is 0 Å². The van der Waals surface area contributed by atoms with Crippen LogP contribution in [-0.2, 0) is 0 Å². The van der Waals surface area contributed by atoms with E-state index in [0.717, 1.165) is 11.1 Å². The van der Waals surface area contributed by atoms with Crippen LogP contribution in [0.3, 0.4) is 0 Å². The summed E-state index contributed by atoms with van der Waals surface area (Å²) in [6.07, 6.45) is 1.32. The number of aliphatic hydroxyl groups excluding tert-OH is 1. The van der Waals surface area contributed by atoms with Crippen molar-refractivity contribution in [3.8, 4) is 0 Å². The van der Waals surface area contributed by atoms with Gasteiger partial charge in [0.15, 0.2) is 0 Å². The molecule has 0 aromatic carbocycles. The smallest absolute Gasteiger partial charge is 0.103 e. The maximum Gasteiger partial charge on any atom is 0.103 e. The summed E-state index contributed by atoms with van der Waals surface area (Å²) >= 11 is 4.91. The van der Waals surface area contributed by atoms with E-state index in [1.54, 1.807) is 13.1 Å². The monoisotopic (exact) mass is 169 g/mol. The molecule has 1 aromatic rings. The first kappa shape index (κ1) is 8.43. The molecule has 3 heteroatoms. The lowest BCUT2D eigenvalue weighted by Gasteiger charge is -2.06. The van der Waals surface area contributed by atoms with E-state index in [1.807, 2.05) is 13.0 Å². The average Bonchev–Trinajstić information content (AvgIpc) is 1.85. The Labute approximate surface area is 70.9 Å². The van der Waals surface area contributed by atoms with Gasteiger partial charge in [-0.1, -0.05) is 12.2 Å². The minimum absolute atomic E-state index is 0.429. The molecule has 0 amide bonds. The van der Waals surface area contributed by atoms with E-state index in [2.05, 4.69) is 4.98 Å². The van der Waals surface area contributed by atoms with Crippen LogP contribution in [0.2, 0.25) is 0 Å². The Balaban J connectivity index is 3.20. The quantitative estimate of drug-likeness (QED) is 0.632. The van der Waals surface area contributed by atoms with Gasteiger partial charge in [0.1, 0.15) is 4.64 Å². The lowest BCUT2D eigenvalue weighted by molar-refractivity contribution is 0.198. The Morgan fingerprint density at radius 2 is 2.27 bits per heavy atom. The third-order valence-electron chi connectivity index (χ3n) is 1.62. The second-order valence-electron chi connectivity index (χ2n) is 2.61. The molecular weight excluding hydrogens is 158 g/mol. The molecule has 0 unspecified atom stereocenters. The van der Waals surface area contributed by atoms with Crippen LogP contribution in [0.5, 0.6) is 0 Å². The van der Waals surface area contributed by atoms with Gasteiger partial charge in [-0.15, -0.1) is 0 Å². The zero-order valence-corrected chi connectivity index (χ0v) is 7.40. The van der Waals surface area contributed by atoms with E-state index in [4.69, 9.17) is 12.2 Å². The summed E-state index contributed by atoms with van der Waals surface area (Å²) in [6, 6.07) is 1.84. The van der Waals surface area contributed by atoms with Gasteiger partial charge in [0.05, 0.1) is 6.10 Å². The van der Waals surface area contributed by atoms with Crippen molar-refractivity contribution in [3.05, 3.63) is 28.0 Å². The zero-order chi connectivity index (χ0) is 8.43. The standard InChI is InChI=1S/C8H11NOS/c1-5-3-8(11)9-4-7(5)6(2)10/h3-4,6,10H,1-2H3,(H,9,11)/t6-/m0/s1. The van der Waals surface area contributed by atoms with Crippen LogP contribution in [-0.4, -0.2) is 10.1 Å². The van der Waals surface area contributed by atoms with Crippen LogP contribution in [0, 0.1) is 11.6 Å². The van der Waals surface area contributed by atoms with Gasteiger partial charge < -0.3 is 10.1 Å². The molecule has 0 spiro atoms. The first-order valence-corrected chi connectivity index (χ1v) is 3.89. The van der Waals surface area contributed by atoms with Crippen molar-refractivity contribution >= 4 is 12.2 Å². The predicted octanol–water partition coefficient (Wildman–Crippen LogP) is 2.11. The highest BCUT2D eigenvalue weighted by Crippen LogP contribution is 2.14. The van der Waals surface area contributed by atoms with Crippen molar-refractivity contribution < 1.29 is 5.11 Å². The Kier molecular flexibility index (Phi) is 2.42. The second kappa shape index (κ2) is 3.15. The molecule has 0 saturated carbocycles. The van der Waals surface area contributed by atoms with Crippen LogP contribution >= 0.6 is 12.2 Å². The molecule has 1 heterocycles. The molecule has 0 fully saturated rings.